The molecule has 0 unspecified atom stereocenters. The van der Waals surface area contributed by atoms with Crippen molar-refractivity contribution in [2.75, 3.05) is 5.73 Å². The lowest BCUT2D eigenvalue weighted by Crippen LogP contribution is -1.99. The highest BCUT2D eigenvalue weighted by Crippen LogP contribution is 2.16. The minimum absolute atomic E-state index is 0.214. The summed E-state index contributed by atoms with van der Waals surface area (Å²) in [4.78, 5) is 13.1. The number of nitrogens with two attached hydrogens (primary N) is 1. The van der Waals surface area contributed by atoms with Crippen LogP contribution in [0.25, 0.3) is 0 Å². The van der Waals surface area contributed by atoms with Crippen LogP contribution in [0.2, 0.25) is 0 Å². The first-order valence-corrected chi connectivity index (χ1v) is 6.46. The minimum atomic E-state index is 0.214. The summed E-state index contributed by atoms with van der Waals surface area (Å²) in [5.74, 6) is 0.214. The van der Waals surface area contributed by atoms with E-state index in [0.29, 0.717) is 6.42 Å². The molecule has 17 heavy (non-hydrogen) atoms. The maximum absolute atomic E-state index is 11.9. The first kappa shape index (κ1) is 11.9. The summed E-state index contributed by atoms with van der Waals surface area (Å²) in [5, 5.41) is 1.93. The molecule has 0 spiro atoms. The molecular formula is C14H15NOS. The van der Waals surface area contributed by atoms with Gasteiger partial charge in [0.2, 0.25) is 0 Å². The van der Waals surface area contributed by atoms with Crippen LogP contribution in [0.4, 0.5) is 5.69 Å². The zero-order valence-electron chi connectivity index (χ0n) is 9.77. The Labute approximate surface area is 105 Å². The molecule has 0 saturated heterocycles. The second-order valence-electron chi connectivity index (χ2n) is 4.11. The van der Waals surface area contributed by atoms with Gasteiger partial charge in [0.05, 0.1) is 0 Å². The van der Waals surface area contributed by atoms with E-state index in [0.717, 1.165) is 23.2 Å². The van der Waals surface area contributed by atoms with Gasteiger partial charge in [0, 0.05) is 27.9 Å². The summed E-state index contributed by atoms with van der Waals surface area (Å²) in [6, 6.07) is 9.64. The van der Waals surface area contributed by atoms with E-state index in [1.165, 1.54) is 4.88 Å². The van der Waals surface area contributed by atoms with Gasteiger partial charge in [-0.25, -0.2) is 0 Å². The van der Waals surface area contributed by atoms with E-state index >= 15 is 0 Å². The van der Waals surface area contributed by atoms with E-state index in [2.05, 4.69) is 0 Å². The van der Waals surface area contributed by atoms with Gasteiger partial charge in [-0.1, -0.05) is 12.1 Å². The van der Waals surface area contributed by atoms with E-state index in [1.54, 1.807) is 11.3 Å². The van der Waals surface area contributed by atoms with Crippen LogP contribution in [-0.2, 0) is 6.42 Å². The largest absolute Gasteiger partial charge is 0.399 e. The minimum Gasteiger partial charge on any atom is -0.399 e. The molecule has 1 aromatic carbocycles. The number of hydrogen-bond acceptors (Lipinski definition) is 3. The van der Waals surface area contributed by atoms with Gasteiger partial charge in [-0.2, -0.15) is 0 Å². The van der Waals surface area contributed by atoms with Gasteiger partial charge in [0.25, 0.3) is 0 Å². The molecule has 3 heteroatoms. The zero-order chi connectivity index (χ0) is 12.3. The molecule has 88 valence electrons. The topological polar surface area (TPSA) is 43.1 Å². The number of Topliss-reactive ketones (excluding diaryl/α,β-unsaturated/α-hetero) is 1. The van der Waals surface area contributed by atoms with Crippen LogP contribution in [0.1, 0.15) is 27.2 Å². The quantitative estimate of drug-likeness (QED) is 0.662. The van der Waals surface area contributed by atoms with Crippen molar-refractivity contribution < 1.29 is 4.79 Å². The normalized spacial score (nSPS) is 10.4. The molecule has 1 aromatic heterocycles. The number of carbonyl (C=O) groups is 1. The molecule has 0 aliphatic heterocycles. The Morgan fingerprint density at radius 2 is 2.00 bits per heavy atom. The van der Waals surface area contributed by atoms with Crippen molar-refractivity contribution >= 4 is 22.8 Å². The number of ketones is 1. The maximum Gasteiger partial charge on any atom is 0.164 e. The second-order valence-corrected chi connectivity index (χ2v) is 5.23. The predicted molar refractivity (Wildman–Crippen MR) is 72.6 cm³/mol. The zero-order valence-corrected chi connectivity index (χ0v) is 10.6. The van der Waals surface area contributed by atoms with Gasteiger partial charge < -0.3 is 5.73 Å². The molecule has 2 N–H and O–H groups in total. The Morgan fingerprint density at radius 3 is 2.59 bits per heavy atom. The molecule has 2 rings (SSSR count). The van der Waals surface area contributed by atoms with E-state index in [4.69, 9.17) is 5.73 Å². The lowest BCUT2D eigenvalue weighted by Gasteiger charge is -2.00. The molecule has 0 saturated carbocycles. The summed E-state index contributed by atoms with van der Waals surface area (Å²) in [6.07, 6.45) is 1.33. The number of nitrogen functional groups attached to an aromatic ring is 1. The highest BCUT2D eigenvalue weighted by atomic mass is 32.1. The van der Waals surface area contributed by atoms with Crippen LogP contribution in [0, 0.1) is 6.92 Å². The average Bonchev–Trinajstić information content (AvgIpc) is 2.75. The Bertz CT molecular complexity index is 513. The molecular weight excluding hydrogens is 230 g/mol. The van der Waals surface area contributed by atoms with E-state index in [9.17, 15) is 4.79 Å². The number of rotatable bonds is 4. The van der Waals surface area contributed by atoms with Gasteiger partial charge in [-0.3, -0.25) is 4.79 Å². The molecule has 1 heterocycles. The van der Waals surface area contributed by atoms with Crippen LogP contribution in [0.5, 0.6) is 0 Å². The van der Waals surface area contributed by atoms with E-state index in [-0.39, 0.29) is 5.78 Å². The molecule has 0 atom stereocenters. The fourth-order valence-electron chi connectivity index (χ4n) is 1.68. The number of anilines is 1. The number of carbonyl (C=O) groups excluding carboxylic acids is 1. The summed E-state index contributed by atoms with van der Waals surface area (Å²) in [5.41, 5.74) is 8.36. The van der Waals surface area contributed by atoms with Gasteiger partial charge in [-0.15, -0.1) is 11.3 Å². The summed E-state index contributed by atoms with van der Waals surface area (Å²) in [6.45, 7) is 2.02. The third kappa shape index (κ3) is 3.17. The molecule has 0 radical (unpaired) electrons. The number of benzene rings is 1. The Kier molecular flexibility index (Phi) is 3.59. The summed E-state index contributed by atoms with van der Waals surface area (Å²) >= 11 is 1.62. The smallest absolute Gasteiger partial charge is 0.164 e. The molecule has 0 bridgehead atoms. The summed E-state index contributed by atoms with van der Waals surface area (Å²) < 4.78 is 0. The molecule has 2 aromatic rings. The Balaban J connectivity index is 1.94. The van der Waals surface area contributed by atoms with Gasteiger partial charge in [0.1, 0.15) is 0 Å². The van der Waals surface area contributed by atoms with Crippen molar-refractivity contribution in [2.45, 2.75) is 19.8 Å². The van der Waals surface area contributed by atoms with E-state index < -0.39 is 0 Å². The maximum atomic E-state index is 11.9. The Hall–Kier alpha value is -1.61. The monoisotopic (exact) mass is 245 g/mol. The third-order valence-electron chi connectivity index (χ3n) is 2.67. The van der Waals surface area contributed by atoms with Gasteiger partial charge >= 0.3 is 0 Å². The number of hydrogen-bond donors (Lipinski definition) is 1. The predicted octanol–water partition coefficient (Wildman–Crippen LogP) is 3.45. The van der Waals surface area contributed by atoms with Crippen molar-refractivity contribution in [3.63, 3.8) is 0 Å². The van der Waals surface area contributed by atoms with Crippen LogP contribution >= 0.6 is 11.3 Å². The number of aryl methyl sites for hydroxylation is 2. The first-order valence-electron chi connectivity index (χ1n) is 5.58. The standard InChI is InChI=1S/C14H15NOS/c1-10-8-12(9-17-10)14(16)7-4-11-2-5-13(15)6-3-11/h2-3,5-6,8-9H,4,7,15H2,1H3. The average molecular weight is 245 g/mol. The molecule has 0 aliphatic carbocycles. The molecule has 0 fully saturated rings. The summed E-state index contributed by atoms with van der Waals surface area (Å²) in [7, 11) is 0. The van der Waals surface area contributed by atoms with Crippen LogP contribution in [0.15, 0.2) is 35.7 Å². The van der Waals surface area contributed by atoms with Crippen LogP contribution < -0.4 is 5.73 Å². The lowest BCUT2D eigenvalue weighted by atomic mass is 10.0. The van der Waals surface area contributed by atoms with Gasteiger partial charge in [0.15, 0.2) is 5.78 Å². The fourth-order valence-corrected chi connectivity index (χ4v) is 2.38. The molecule has 2 nitrogen and oxygen atoms in total. The van der Waals surface area contributed by atoms with E-state index in [1.807, 2.05) is 42.6 Å². The van der Waals surface area contributed by atoms with Crippen molar-refractivity contribution in [1.29, 1.82) is 0 Å². The second kappa shape index (κ2) is 5.15. The highest BCUT2D eigenvalue weighted by Gasteiger charge is 2.07. The SMILES string of the molecule is Cc1cc(C(=O)CCc2ccc(N)cc2)cs1. The van der Waals surface area contributed by atoms with Gasteiger partial charge in [-0.05, 0) is 37.1 Å². The van der Waals surface area contributed by atoms with Crippen LogP contribution in [-0.4, -0.2) is 5.78 Å². The lowest BCUT2D eigenvalue weighted by molar-refractivity contribution is 0.0983. The van der Waals surface area contributed by atoms with Crippen molar-refractivity contribution in [2.24, 2.45) is 0 Å². The van der Waals surface area contributed by atoms with Crippen molar-refractivity contribution in [3.8, 4) is 0 Å². The van der Waals surface area contributed by atoms with Crippen LogP contribution in [0.3, 0.4) is 0 Å². The third-order valence-corrected chi connectivity index (χ3v) is 3.53. The van der Waals surface area contributed by atoms with Crippen molar-refractivity contribution in [3.05, 3.63) is 51.7 Å². The Morgan fingerprint density at radius 1 is 1.29 bits per heavy atom. The molecule has 0 aliphatic rings. The highest BCUT2D eigenvalue weighted by molar-refractivity contribution is 7.10. The van der Waals surface area contributed by atoms with Crippen molar-refractivity contribution in [1.82, 2.24) is 0 Å². The number of thiophene rings is 1. The first-order chi connectivity index (χ1) is 8.15. The molecule has 0 amide bonds. The fraction of sp³-hybridized carbons (Fsp3) is 0.214.